The fourth-order valence-corrected chi connectivity index (χ4v) is 10.1. The number of halogens is 12. The number of nitrogens with zero attached hydrogens (tertiary/aromatic N) is 4. The van der Waals surface area contributed by atoms with Gasteiger partial charge in [0.15, 0.2) is 0 Å². The van der Waals surface area contributed by atoms with Crippen LogP contribution in [0.1, 0.15) is 172 Å². The first kappa shape index (κ1) is 53.3. The van der Waals surface area contributed by atoms with Crippen molar-refractivity contribution in [2.75, 3.05) is 6.61 Å². The Morgan fingerprint density at radius 3 is 1.77 bits per heavy atom. The Kier molecular flexibility index (Phi) is 13.7. The number of hydrogen-bond acceptors (Lipinski definition) is 7. The van der Waals surface area contributed by atoms with Gasteiger partial charge in [-0.25, -0.2) is 4.98 Å². The molecule has 0 aliphatic carbocycles. The van der Waals surface area contributed by atoms with Crippen molar-refractivity contribution in [2.45, 2.75) is 123 Å². The summed E-state index contributed by atoms with van der Waals surface area (Å²) in [5, 5.41) is 0. The number of imide groups is 1. The number of H-pyrrole nitrogens is 2. The maximum atomic E-state index is 15.1. The van der Waals surface area contributed by atoms with Gasteiger partial charge in [0.1, 0.15) is 0 Å². The van der Waals surface area contributed by atoms with Gasteiger partial charge in [-0.05, 0) is 110 Å². The normalized spacial score (nSPS) is 19.1. The van der Waals surface area contributed by atoms with E-state index in [-0.39, 0.29) is 76.2 Å². The molecule has 0 saturated heterocycles. The highest BCUT2D eigenvalue weighted by molar-refractivity contribution is 6.29. The lowest BCUT2D eigenvalue weighted by molar-refractivity contribution is -0.144. The molecule has 8 rings (SSSR count). The molecule has 2 aromatic carbocycles. The summed E-state index contributed by atoms with van der Waals surface area (Å²) < 4.78 is 173. The van der Waals surface area contributed by atoms with Crippen LogP contribution in [0.25, 0.3) is 22.2 Å². The number of nitrogens with one attached hydrogen (secondary N) is 2. The van der Waals surface area contributed by atoms with E-state index >= 15 is 4.79 Å². The van der Waals surface area contributed by atoms with Crippen LogP contribution < -0.4 is 0 Å². The number of carbonyl (C=O) groups excluding carboxylic acids is 3. The summed E-state index contributed by atoms with van der Waals surface area (Å²) in [6.45, 7) is 9.81. The molecule has 0 spiro atoms. The zero-order chi connectivity index (χ0) is 54.3. The summed E-state index contributed by atoms with van der Waals surface area (Å²) in [4.78, 5) is 63.4. The molecule has 2 N–H and O–H groups in total. The lowest BCUT2D eigenvalue weighted by Gasteiger charge is -2.27. The minimum Gasteiger partial charge on any atom is -0.466 e. The van der Waals surface area contributed by atoms with E-state index in [0.29, 0.717) is 80.7 Å². The molecule has 392 valence electrons. The number of fused-ring (bicyclic) bond motifs is 8. The van der Waals surface area contributed by atoms with E-state index in [1.165, 1.54) is 6.92 Å². The average Bonchev–Trinajstić information content (AvgIpc) is 3.98. The summed E-state index contributed by atoms with van der Waals surface area (Å²) in [5.41, 5.74) is -3.65. The Morgan fingerprint density at radius 1 is 0.676 bits per heavy atom. The number of aryl methyl sites for hydroxylation is 1. The van der Waals surface area contributed by atoms with Crippen molar-refractivity contribution in [1.82, 2.24) is 24.8 Å². The lowest BCUT2D eigenvalue weighted by atomic mass is 9.85. The number of carbonyl (C=O) groups is 3. The molecule has 4 aliphatic rings. The third-order valence-corrected chi connectivity index (χ3v) is 14.0. The van der Waals surface area contributed by atoms with Gasteiger partial charge in [-0.1, -0.05) is 20.8 Å². The molecule has 74 heavy (non-hydrogen) atoms. The molecule has 0 unspecified atom stereocenters. The van der Waals surface area contributed by atoms with E-state index in [2.05, 4.69) is 15.0 Å². The molecule has 6 heterocycles. The van der Waals surface area contributed by atoms with Gasteiger partial charge in [0.05, 0.1) is 75.7 Å². The number of alkyl halides is 12. The number of amides is 2. The topological polar surface area (TPSA) is 133 Å². The number of ether oxygens (including phenoxy) is 1. The average molecular weight is 1050 g/mol. The molecular weight excluding hydrogens is 1000 g/mol. The van der Waals surface area contributed by atoms with E-state index in [9.17, 15) is 62.3 Å². The van der Waals surface area contributed by atoms with Gasteiger partial charge in [-0.15, -0.1) is 0 Å². The summed E-state index contributed by atoms with van der Waals surface area (Å²) in [7, 11) is 0. The quantitative estimate of drug-likeness (QED) is 0.0742. The Labute approximate surface area is 414 Å². The van der Waals surface area contributed by atoms with E-state index in [1.54, 1.807) is 45.9 Å². The van der Waals surface area contributed by atoms with Crippen LogP contribution in [-0.4, -0.2) is 54.9 Å². The fraction of sp³-hybridized carbons (Fsp3) is 0.385. The predicted molar refractivity (Wildman–Crippen MR) is 247 cm³/mol. The summed E-state index contributed by atoms with van der Waals surface area (Å²) in [6, 6.07) is 7.13. The highest BCUT2D eigenvalue weighted by Crippen LogP contribution is 2.46. The standard InChI is InChI=1S/C52H46F12N6O4/c1-8-34-22(2)36-19-41-42(26(6)65-20-28-11-30(49(53,54)55)15-31(12-28)50(56,57)58)24(4)38(67-41)17-37-23(3)35(9-10-74-27(7)71)45(68-37)44-46-43(25(5)39(69-46)18-40(34)66-36)47(72)70(48(44)73)21-29-13-32(51(59,60)61)16-33(14-29)52(62,63)64/h11-19,22-23,34-35,66,69H,8-10,20-21H2,1-7H3/t22-,23+,34-,35+/m1/s1. The second kappa shape index (κ2) is 19.0. The number of allylic oxidation sites excluding steroid dienone is 2. The first-order valence-corrected chi connectivity index (χ1v) is 23.2. The molecule has 8 bridgehead atoms. The summed E-state index contributed by atoms with van der Waals surface area (Å²) in [5.74, 6) is -4.61. The first-order chi connectivity index (χ1) is 34.4. The van der Waals surface area contributed by atoms with Gasteiger partial charge < -0.3 is 14.7 Å². The number of aromatic amines is 2. The Morgan fingerprint density at radius 2 is 1.23 bits per heavy atom. The lowest BCUT2D eigenvalue weighted by Crippen LogP contribution is -2.40. The van der Waals surface area contributed by atoms with Crippen molar-refractivity contribution in [3.63, 3.8) is 0 Å². The third-order valence-electron chi connectivity index (χ3n) is 14.0. The van der Waals surface area contributed by atoms with Crippen LogP contribution in [0.15, 0.2) is 59.6 Å². The van der Waals surface area contributed by atoms with Crippen molar-refractivity contribution >= 4 is 45.7 Å². The van der Waals surface area contributed by atoms with E-state index in [0.717, 1.165) is 0 Å². The molecule has 22 heteroatoms. The van der Waals surface area contributed by atoms with Crippen LogP contribution in [0.2, 0.25) is 0 Å². The Bertz CT molecular complexity index is 3200. The van der Waals surface area contributed by atoms with Crippen molar-refractivity contribution in [3.05, 3.63) is 139 Å². The predicted octanol–water partition coefficient (Wildman–Crippen LogP) is 13.9. The number of esters is 1. The van der Waals surface area contributed by atoms with Gasteiger partial charge in [0.2, 0.25) is 0 Å². The molecule has 2 aromatic heterocycles. The number of aliphatic imine (C=N–C) groups is 1. The second-order valence-corrected chi connectivity index (χ2v) is 18.8. The molecule has 10 nitrogen and oxygen atoms in total. The van der Waals surface area contributed by atoms with Crippen LogP contribution in [0, 0.1) is 6.92 Å². The molecule has 2 amide bonds. The smallest absolute Gasteiger partial charge is 0.416 e. The van der Waals surface area contributed by atoms with Crippen LogP contribution in [0.3, 0.4) is 0 Å². The van der Waals surface area contributed by atoms with Crippen LogP contribution >= 0.6 is 0 Å². The van der Waals surface area contributed by atoms with Gasteiger partial charge in [-0.3, -0.25) is 29.3 Å². The van der Waals surface area contributed by atoms with Gasteiger partial charge in [-0.2, -0.15) is 52.7 Å². The number of hydrogen-bond donors (Lipinski definition) is 2. The Hall–Kier alpha value is -7.00. The summed E-state index contributed by atoms with van der Waals surface area (Å²) in [6.07, 6.45) is -20.1. The second-order valence-electron chi connectivity index (χ2n) is 18.8. The highest BCUT2D eigenvalue weighted by Gasteiger charge is 2.43. The largest absolute Gasteiger partial charge is 0.466 e. The molecular formula is C52H46F12N6O4. The zero-order valence-electron chi connectivity index (χ0n) is 40.5. The SMILES string of the molecule is CC[C@H]1c2cc3[nH]c4c(c5nc(cc6nc(cc([nH]2)[C@@H]1C)C(C(C)=NCc1cc(C(F)(F)F)cc(C(F)(F)F)c1)=C6C)[C@@H](C)[C@@H]5CCOC(C)=O)C(=O)N(Cc1cc(C(F)(F)F)cc(C(F)(F)F)c1)C(=O)c4c3C. The third kappa shape index (κ3) is 10.1. The van der Waals surface area contributed by atoms with Crippen molar-refractivity contribution < 1.29 is 71.8 Å². The fourth-order valence-electron chi connectivity index (χ4n) is 10.1. The first-order valence-electron chi connectivity index (χ1n) is 23.2. The van der Waals surface area contributed by atoms with Crippen molar-refractivity contribution in [3.8, 4) is 0 Å². The van der Waals surface area contributed by atoms with E-state index < -0.39 is 95.2 Å². The molecule has 4 aromatic rings. The maximum absolute atomic E-state index is 15.1. The minimum atomic E-state index is -5.24. The minimum absolute atomic E-state index is 0.00517. The van der Waals surface area contributed by atoms with E-state index in [1.807, 2.05) is 13.8 Å². The van der Waals surface area contributed by atoms with Crippen LogP contribution in [0.5, 0.6) is 0 Å². The molecule has 0 radical (unpaired) electrons. The zero-order valence-corrected chi connectivity index (χ0v) is 40.5. The maximum Gasteiger partial charge on any atom is 0.416 e. The number of benzene rings is 2. The van der Waals surface area contributed by atoms with Gasteiger partial charge >= 0.3 is 30.7 Å². The Balaban J connectivity index is 1.38. The molecule has 4 aliphatic heterocycles. The number of aromatic nitrogens is 4. The number of rotatable bonds is 9. The van der Waals surface area contributed by atoms with Crippen LogP contribution in [-0.2, 0) is 47.3 Å². The molecule has 0 saturated carbocycles. The molecule has 0 fully saturated rings. The highest BCUT2D eigenvalue weighted by atomic mass is 19.4. The van der Waals surface area contributed by atoms with Crippen molar-refractivity contribution in [1.29, 1.82) is 0 Å². The molecule has 4 atom stereocenters. The van der Waals surface area contributed by atoms with Crippen LogP contribution in [0.4, 0.5) is 52.7 Å². The monoisotopic (exact) mass is 1050 g/mol. The van der Waals surface area contributed by atoms with E-state index in [4.69, 9.17) is 14.7 Å². The summed E-state index contributed by atoms with van der Waals surface area (Å²) >= 11 is 0. The van der Waals surface area contributed by atoms with Crippen molar-refractivity contribution in [2.24, 2.45) is 4.99 Å². The van der Waals surface area contributed by atoms with Gasteiger partial charge in [0, 0.05) is 64.5 Å². The van der Waals surface area contributed by atoms with Gasteiger partial charge in [0.25, 0.3) is 11.8 Å².